The summed E-state index contributed by atoms with van der Waals surface area (Å²) in [5.74, 6) is 0.571. The molecule has 0 atom stereocenters. The summed E-state index contributed by atoms with van der Waals surface area (Å²) in [7, 11) is 1.55. The lowest BCUT2D eigenvalue weighted by molar-refractivity contribution is -0.384. The molecule has 7 nitrogen and oxygen atoms in total. The number of hydrogen-bond acceptors (Lipinski definition) is 5. The van der Waals surface area contributed by atoms with Crippen LogP contribution in [-0.2, 0) is 6.42 Å². The zero-order valence-corrected chi connectivity index (χ0v) is 12.4. The Morgan fingerprint density at radius 2 is 2.17 bits per heavy atom. The Morgan fingerprint density at radius 1 is 1.30 bits per heavy atom. The van der Waals surface area contributed by atoms with Crippen LogP contribution in [0.4, 0.5) is 5.69 Å². The standard InChI is InChI=1S/C16H14N4O3/c1-23-15-6-5-13(7-11-9-17-18-10-11)19-16(15)12-3-2-4-14(8-12)20(21)22/h2-6,8-10H,7H2,1H3,(H,17,18). The highest BCUT2D eigenvalue weighted by Crippen LogP contribution is 2.30. The summed E-state index contributed by atoms with van der Waals surface area (Å²) in [4.78, 5) is 15.1. The Bertz CT molecular complexity index is 831. The summed E-state index contributed by atoms with van der Waals surface area (Å²) in [6.07, 6.45) is 4.15. The Morgan fingerprint density at radius 3 is 2.87 bits per heavy atom. The number of benzene rings is 1. The van der Waals surface area contributed by atoms with Gasteiger partial charge in [0.15, 0.2) is 0 Å². The molecule has 0 radical (unpaired) electrons. The second-order valence-corrected chi connectivity index (χ2v) is 4.94. The first-order valence-corrected chi connectivity index (χ1v) is 6.94. The van der Waals surface area contributed by atoms with Crippen molar-refractivity contribution in [2.24, 2.45) is 0 Å². The number of aromatic nitrogens is 3. The lowest BCUT2D eigenvalue weighted by Gasteiger charge is -2.10. The number of non-ortho nitro benzene ring substituents is 1. The number of aromatic amines is 1. The molecule has 3 aromatic rings. The van der Waals surface area contributed by atoms with Crippen LogP contribution in [0.15, 0.2) is 48.8 Å². The largest absolute Gasteiger partial charge is 0.494 e. The third-order valence-electron chi connectivity index (χ3n) is 3.41. The maximum Gasteiger partial charge on any atom is 0.270 e. The van der Waals surface area contributed by atoms with Crippen molar-refractivity contribution in [3.63, 3.8) is 0 Å². The fourth-order valence-corrected chi connectivity index (χ4v) is 2.31. The van der Waals surface area contributed by atoms with Crippen molar-refractivity contribution in [2.45, 2.75) is 6.42 Å². The van der Waals surface area contributed by atoms with Gasteiger partial charge in [-0.3, -0.25) is 15.2 Å². The fourth-order valence-electron chi connectivity index (χ4n) is 2.31. The fraction of sp³-hybridized carbons (Fsp3) is 0.125. The van der Waals surface area contributed by atoms with Gasteiger partial charge in [-0.15, -0.1) is 0 Å². The van der Waals surface area contributed by atoms with Crippen LogP contribution in [0, 0.1) is 10.1 Å². The predicted molar refractivity (Wildman–Crippen MR) is 84.3 cm³/mol. The summed E-state index contributed by atoms with van der Waals surface area (Å²) in [5, 5.41) is 17.6. The summed E-state index contributed by atoms with van der Waals surface area (Å²) in [5.41, 5.74) is 3.08. The second-order valence-electron chi connectivity index (χ2n) is 4.94. The number of nitrogens with one attached hydrogen (secondary N) is 1. The van der Waals surface area contributed by atoms with Gasteiger partial charge in [0.1, 0.15) is 11.4 Å². The van der Waals surface area contributed by atoms with Crippen LogP contribution in [0.5, 0.6) is 5.75 Å². The van der Waals surface area contributed by atoms with Crippen molar-refractivity contribution in [3.8, 4) is 17.0 Å². The van der Waals surface area contributed by atoms with Crippen molar-refractivity contribution < 1.29 is 9.66 Å². The molecule has 1 N–H and O–H groups in total. The third-order valence-corrected chi connectivity index (χ3v) is 3.41. The maximum atomic E-state index is 11.0. The van der Waals surface area contributed by atoms with Crippen LogP contribution in [0.3, 0.4) is 0 Å². The van der Waals surface area contributed by atoms with Crippen molar-refractivity contribution in [3.05, 3.63) is 70.2 Å². The number of hydrogen-bond donors (Lipinski definition) is 1. The molecule has 0 spiro atoms. The van der Waals surface area contributed by atoms with Gasteiger partial charge in [-0.2, -0.15) is 5.10 Å². The highest BCUT2D eigenvalue weighted by Gasteiger charge is 2.13. The number of nitro benzene ring substituents is 1. The molecule has 116 valence electrons. The number of rotatable bonds is 5. The predicted octanol–water partition coefficient (Wildman–Crippen LogP) is 2.98. The van der Waals surface area contributed by atoms with Crippen LogP contribution in [0.25, 0.3) is 11.3 Å². The van der Waals surface area contributed by atoms with E-state index < -0.39 is 4.92 Å². The Labute approximate surface area is 132 Å². The van der Waals surface area contributed by atoms with E-state index in [1.165, 1.54) is 12.1 Å². The van der Waals surface area contributed by atoms with E-state index in [-0.39, 0.29) is 5.69 Å². The number of pyridine rings is 1. The van der Waals surface area contributed by atoms with E-state index in [0.717, 1.165) is 11.3 Å². The van der Waals surface area contributed by atoms with E-state index in [1.54, 1.807) is 31.6 Å². The lowest BCUT2D eigenvalue weighted by atomic mass is 10.1. The first-order chi connectivity index (χ1) is 11.2. The van der Waals surface area contributed by atoms with Gasteiger partial charge in [0.2, 0.25) is 0 Å². The van der Waals surface area contributed by atoms with E-state index >= 15 is 0 Å². The van der Waals surface area contributed by atoms with Gasteiger partial charge in [-0.05, 0) is 17.7 Å². The molecule has 0 bridgehead atoms. The molecule has 0 aliphatic carbocycles. The summed E-state index contributed by atoms with van der Waals surface area (Å²) in [6.45, 7) is 0. The van der Waals surface area contributed by atoms with E-state index in [4.69, 9.17) is 4.74 Å². The molecule has 1 aromatic carbocycles. The van der Waals surface area contributed by atoms with Crippen molar-refractivity contribution >= 4 is 5.69 Å². The minimum Gasteiger partial charge on any atom is -0.494 e. The van der Waals surface area contributed by atoms with E-state index in [1.807, 2.05) is 12.1 Å². The molecular formula is C16H14N4O3. The van der Waals surface area contributed by atoms with Gasteiger partial charge >= 0.3 is 0 Å². The summed E-state index contributed by atoms with van der Waals surface area (Å²) in [6, 6.07) is 10.0. The molecule has 3 rings (SSSR count). The van der Waals surface area contributed by atoms with E-state index in [9.17, 15) is 10.1 Å². The van der Waals surface area contributed by atoms with E-state index in [0.29, 0.717) is 23.4 Å². The molecule has 23 heavy (non-hydrogen) atoms. The van der Waals surface area contributed by atoms with Gasteiger partial charge in [0.25, 0.3) is 5.69 Å². The highest BCUT2D eigenvalue weighted by molar-refractivity contribution is 5.68. The Balaban J connectivity index is 2.02. The van der Waals surface area contributed by atoms with Crippen LogP contribution in [0.1, 0.15) is 11.3 Å². The molecule has 2 heterocycles. The quantitative estimate of drug-likeness (QED) is 0.577. The van der Waals surface area contributed by atoms with Gasteiger partial charge in [-0.1, -0.05) is 12.1 Å². The molecule has 0 unspecified atom stereocenters. The summed E-state index contributed by atoms with van der Waals surface area (Å²) < 4.78 is 5.34. The third kappa shape index (κ3) is 3.18. The highest BCUT2D eigenvalue weighted by atomic mass is 16.6. The molecule has 0 aliphatic heterocycles. The van der Waals surface area contributed by atoms with Gasteiger partial charge in [-0.25, -0.2) is 4.98 Å². The molecule has 0 saturated heterocycles. The average Bonchev–Trinajstić information content (AvgIpc) is 3.08. The minimum atomic E-state index is -0.425. The van der Waals surface area contributed by atoms with Crippen molar-refractivity contribution in [2.75, 3.05) is 7.11 Å². The molecule has 0 fully saturated rings. The number of methoxy groups -OCH3 is 1. The normalized spacial score (nSPS) is 10.5. The molecular weight excluding hydrogens is 296 g/mol. The van der Waals surface area contributed by atoms with Gasteiger partial charge in [0, 0.05) is 36.0 Å². The second kappa shape index (κ2) is 6.27. The lowest BCUT2D eigenvalue weighted by Crippen LogP contribution is -1.97. The van der Waals surface area contributed by atoms with Crippen molar-refractivity contribution in [1.29, 1.82) is 0 Å². The number of nitrogens with zero attached hydrogens (tertiary/aromatic N) is 3. The molecule has 2 aromatic heterocycles. The van der Waals surface area contributed by atoms with Crippen LogP contribution >= 0.6 is 0 Å². The number of ether oxygens (including phenoxy) is 1. The van der Waals surface area contributed by atoms with Crippen molar-refractivity contribution in [1.82, 2.24) is 15.2 Å². The van der Waals surface area contributed by atoms with Crippen LogP contribution in [-0.4, -0.2) is 27.2 Å². The maximum absolute atomic E-state index is 11.0. The zero-order valence-electron chi connectivity index (χ0n) is 12.4. The molecule has 7 heteroatoms. The van der Waals surface area contributed by atoms with E-state index in [2.05, 4.69) is 15.2 Å². The van der Waals surface area contributed by atoms with Gasteiger partial charge < -0.3 is 4.74 Å². The molecule has 0 aliphatic rings. The molecule has 0 saturated carbocycles. The first kappa shape index (κ1) is 14.7. The van der Waals surface area contributed by atoms with Crippen LogP contribution < -0.4 is 4.74 Å². The van der Waals surface area contributed by atoms with Crippen LogP contribution in [0.2, 0.25) is 0 Å². The number of H-pyrrole nitrogens is 1. The SMILES string of the molecule is COc1ccc(Cc2cn[nH]c2)nc1-c1cccc([N+](=O)[O-])c1. The topological polar surface area (TPSA) is 93.9 Å². The molecule has 0 amide bonds. The minimum absolute atomic E-state index is 0.0200. The number of nitro groups is 1. The zero-order chi connectivity index (χ0) is 16.2. The summed E-state index contributed by atoms with van der Waals surface area (Å²) >= 11 is 0. The Kier molecular flexibility index (Phi) is 4.01. The monoisotopic (exact) mass is 310 g/mol. The Hall–Kier alpha value is -3.22. The van der Waals surface area contributed by atoms with Gasteiger partial charge in [0.05, 0.1) is 18.2 Å². The smallest absolute Gasteiger partial charge is 0.270 e. The average molecular weight is 310 g/mol. The first-order valence-electron chi connectivity index (χ1n) is 6.94.